The fraction of sp³-hybridized carbons (Fsp3) is 0.432. The second kappa shape index (κ2) is 21.0. The number of unbranched alkanes of at least 4 members (excludes halogenated alkanes) is 4. The maximum absolute atomic E-state index is 13.8. The second-order valence-corrected chi connectivity index (χ2v) is 12.9. The molecule has 0 heterocycles. The second-order valence-electron chi connectivity index (χ2n) is 12.9. The first-order chi connectivity index (χ1) is 24.9. The molecule has 0 spiro atoms. The van der Waals surface area contributed by atoms with E-state index >= 15 is 0 Å². The summed E-state index contributed by atoms with van der Waals surface area (Å²) in [5, 5.41) is 24.6. The largest absolute Gasteiger partial charge is 0.507 e. The average molecular weight is 696 g/mol. The molecule has 4 aromatic carbocycles. The fourth-order valence-electron chi connectivity index (χ4n) is 5.78. The molecule has 0 saturated carbocycles. The number of hydrogen-bond donors (Lipinski definition) is 2. The van der Waals surface area contributed by atoms with Gasteiger partial charge in [-0.25, -0.2) is 0 Å². The van der Waals surface area contributed by atoms with Gasteiger partial charge in [-0.3, -0.25) is 4.99 Å². The van der Waals surface area contributed by atoms with Crippen molar-refractivity contribution >= 4 is 6.21 Å². The van der Waals surface area contributed by atoms with Crippen molar-refractivity contribution < 1.29 is 29.2 Å². The number of benzene rings is 4. The molecule has 0 fully saturated rings. The van der Waals surface area contributed by atoms with Gasteiger partial charge < -0.3 is 29.2 Å². The molecule has 0 bridgehead atoms. The van der Waals surface area contributed by atoms with Crippen molar-refractivity contribution in [1.29, 1.82) is 0 Å². The number of nitrogens with zero attached hydrogens (tertiary/aromatic N) is 1. The van der Waals surface area contributed by atoms with Crippen LogP contribution in [0.25, 0.3) is 0 Å². The Kier molecular flexibility index (Phi) is 16.2. The van der Waals surface area contributed by atoms with Crippen LogP contribution in [-0.4, -0.2) is 48.9 Å². The Bertz CT molecular complexity index is 1550. The number of rotatable bonds is 23. The molecule has 1 atom stereocenters. The van der Waals surface area contributed by atoms with Crippen LogP contribution in [0.1, 0.15) is 101 Å². The molecule has 4 rings (SSSR count). The fourth-order valence-corrected chi connectivity index (χ4v) is 5.78. The topological polar surface area (TPSA) is 89.7 Å². The van der Waals surface area contributed by atoms with E-state index in [2.05, 4.69) is 27.7 Å². The molecule has 0 amide bonds. The van der Waals surface area contributed by atoms with Crippen molar-refractivity contribution in [2.75, 3.05) is 26.4 Å². The van der Waals surface area contributed by atoms with Gasteiger partial charge in [-0.05, 0) is 86.2 Å². The Morgan fingerprint density at radius 2 is 1.08 bits per heavy atom. The highest BCUT2D eigenvalue weighted by Crippen LogP contribution is 2.47. The van der Waals surface area contributed by atoms with E-state index < -0.39 is 11.6 Å². The molecule has 7 nitrogen and oxygen atoms in total. The molecule has 7 heteroatoms. The lowest BCUT2D eigenvalue weighted by Gasteiger charge is -2.37. The van der Waals surface area contributed by atoms with Crippen LogP contribution >= 0.6 is 0 Å². The first-order valence-corrected chi connectivity index (χ1v) is 18.8. The summed E-state index contributed by atoms with van der Waals surface area (Å²) in [6.07, 6.45) is 9.47. The van der Waals surface area contributed by atoms with E-state index in [9.17, 15) is 10.2 Å². The number of aliphatic hydroxyl groups is 1. The number of phenolic OH excluding ortho intramolecular Hbond substituents is 1. The predicted octanol–water partition coefficient (Wildman–Crippen LogP) is 10.1. The highest BCUT2D eigenvalue weighted by atomic mass is 16.5. The van der Waals surface area contributed by atoms with E-state index in [0.717, 1.165) is 56.9 Å². The molecule has 4 aromatic rings. The smallest absolute Gasteiger partial charge is 0.145 e. The SMILES string of the molecule is CCCCOc1ccc(OCCCC)c(C(O)(c2cc(OCCCC)ccc2OCCCC)C(Cc2ccccc2)N=Cc2ccccc2O)c1. The van der Waals surface area contributed by atoms with Crippen molar-refractivity contribution in [1.82, 2.24) is 0 Å². The Hall–Kier alpha value is -4.49. The van der Waals surface area contributed by atoms with Gasteiger partial charge in [0.15, 0.2) is 0 Å². The lowest BCUT2D eigenvalue weighted by atomic mass is 9.76. The van der Waals surface area contributed by atoms with Gasteiger partial charge in [0.2, 0.25) is 0 Å². The molecule has 0 saturated heterocycles. The first kappa shape index (κ1) is 39.3. The quantitative estimate of drug-likeness (QED) is 0.0593. The lowest BCUT2D eigenvalue weighted by Crippen LogP contribution is -2.42. The van der Waals surface area contributed by atoms with Crippen LogP contribution in [0.15, 0.2) is 96.0 Å². The van der Waals surface area contributed by atoms with Crippen molar-refractivity contribution in [3.05, 3.63) is 113 Å². The van der Waals surface area contributed by atoms with E-state index in [0.29, 0.717) is 72.5 Å². The number of aromatic hydroxyl groups is 1. The summed E-state index contributed by atoms with van der Waals surface area (Å²) in [6, 6.07) is 27.7. The minimum Gasteiger partial charge on any atom is -0.507 e. The molecule has 51 heavy (non-hydrogen) atoms. The van der Waals surface area contributed by atoms with Crippen molar-refractivity contribution in [3.8, 4) is 28.7 Å². The molecular formula is C44H57NO6. The zero-order chi connectivity index (χ0) is 36.3. The third-order valence-corrected chi connectivity index (χ3v) is 8.85. The molecule has 274 valence electrons. The van der Waals surface area contributed by atoms with Crippen LogP contribution in [0, 0.1) is 0 Å². The van der Waals surface area contributed by atoms with Gasteiger partial charge in [0.25, 0.3) is 0 Å². The van der Waals surface area contributed by atoms with Crippen LogP contribution in [0.2, 0.25) is 0 Å². The van der Waals surface area contributed by atoms with Gasteiger partial charge in [-0.2, -0.15) is 0 Å². The van der Waals surface area contributed by atoms with Crippen molar-refractivity contribution in [2.45, 2.75) is 97.1 Å². The summed E-state index contributed by atoms with van der Waals surface area (Å²) in [4.78, 5) is 5.13. The molecule has 0 aromatic heterocycles. The van der Waals surface area contributed by atoms with Crippen molar-refractivity contribution in [2.24, 2.45) is 4.99 Å². The van der Waals surface area contributed by atoms with Crippen LogP contribution in [0.4, 0.5) is 0 Å². The Morgan fingerprint density at radius 3 is 1.57 bits per heavy atom. The van der Waals surface area contributed by atoms with Gasteiger partial charge >= 0.3 is 0 Å². The Labute approximate surface area is 305 Å². The highest BCUT2D eigenvalue weighted by Gasteiger charge is 2.45. The normalized spacial score (nSPS) is 12.2. The molecule has 0 aliphatic heterocycles. The molecule has 0 radical (unpaired) electrons. The molecule has 2 N–H and O–H groups in total. The number of para-hydroxylation sites is 1. The van der Waals surface area contributed by atoms with Gasteiger partial charge in [0, 0.05) is 22.9 Å². The highest BCUT2D eigenvalue weighted by molar-refractivity contribution is 5.83. The molecule has 0 aliphatic rings. The van der Waals surface area contributed by atoms with Crippen LogP contribution in [0.5, 0.6) is 28.7 Å². The summed E-state index contributed by atoms with van der Waals surface area (Å²) >= 11 is 0. The zero-order valence-corrected chi connectivity index (χ0v) is 31.0. The Balaban J connectivity index is 2.04. The average Bonchev–Trinajstić information content (AvgIpc) is 3.15. The number of hydrogen-bond acceptors (Lipinski definition) is 7. The van der Waals surface area contributed by atoms with Crippen molar-refractivity contribution in [3.63, 3.8) is 0 Å². The predicted molar refractivity (Wildman–Crippen MR) is 207 cm³/mol. The first-order valence-electron chi connectivity index (χ1n) is 18.8. The monoisotopic (exact) mass is 695 g/mol. The molecule has 1 unspecified atom stereocenters. The number of aliphatic imine (C=N–C) groups is 1. The summed E-state index contributed by atoms with van der Waals surface area (Å²) in [7, 11) is 0. The molecule has 0 aliphatic carbocycles. The van der Waals surface area contributed by atoms with Crippen LogP contribution in [-0.2, 0) is 12.0 Å². The summed E-state index contributed by atoms with van der Waals surface area (Å²) in [5.41, 5.74) is 0.768. The number of ether oxygens (including phenoxy) is 4. The van der Waals surface area contributed by atoms with E-state index in [1.54, 1.807) is 24.4 Å². The van der Waals surface area contributed by atoms with E-state index in [4.69, 9.17) is 23.9 Å². The summed E-state index contributed by atoms with van der Waals surface area (Å²) in [5.74, 6) is 2.45. The third kappa shape index (κ3) is 11.3. The molecular weight excluding hydrogens is 638 g/mol. The number of phenols is 1. The zero-order valence-electron chi connectivity index (χ0n) is 31.0. The van der Waals surface area contributed by atoms with E-state index in [-0.39, 0.29) is 5.75 Å². The maximum atomic E-state index is 13.8. The van der Waals surface area contributed by atoms with Gasteiger partial charge in [-0.15, -0.1) is 0 Å². The minimum atomic E-state index is -1.81. The lowest BCUT2D eigenvalue weighted by molar-refractivity contribution is 0.0457. The summed E-state index contributed by atoms with van der Waals surface area (Å²) < 4.78 is 25.4. The Morgan fingerprint density at radius 1 is 0.608 bits per heavy atom. The minimum absolute atomic E-state index is 0.105. The van der Waals surface area contributed by atoms with E-state index in [1.165, 1.54) is 0 Å². The van der Waals surface area contributed by atoms with Gasteiger partial charge in [0.05, 0.1) is 32.5 Å². The van der Waals surface area contributed by atoms with Gasteiger partial charge in [0.1, 0.15) is 34.3 Å². The summed E-state index contributed by atoms with van der Waals surface area (Å²) in [6.45, 7) is 10.6. The third-order valence-electron chi connectivity index (χ3n) is 8.85. The standard InChI is InChI=1S/C44H57NO6/c1-5-9-26-48-36-22-24-41(50-28-11-7-3)38(31-36)44(47,39-32-37(49-27-10-6-2)23-25-42(39)51-29-12-8-4)43(30-34-18-14-13-15-19-34)45-33-35-20-16-17-21-40(35)46/h13-25,31-33,43,46-47H,5-12,26-30H2,1-4H3. The van der Waals surface area contributed by atoms with Crippen LogP contribution in [0.3, 0.4) is 0 Å². The van der Waals surface area contributed by atoms with Crippen LogP contribution < -0.4 is 18.9 Å². The van der Waals surface area contributed by atoms with E-state index in [1.807, 2.05) is 72.8 Å². The maximum Gasteiger partial charge on any atom is 0.145 e. The van der Waals surface area contributed by atoms with Gasteiger partial charge in [-0.1, -0.05) is 95.8 Å².